The third-order valence-corrected chi connectivity index (χ3v) is 6.36. The van der Waals surface area contributed by atoms with Crippen LogP contribution in [0.1, 0.15) is 23.5 Å². The van der Waals surface area contributed by atoms with Crippen molar-refractivity contribution in [1.29, 1.82) is 0 Å². The number of nitrogens with zero attached hydrogens (tertiary/aromatic N) is 1. The lowest BCUT2D eigenvalue weighted by molar-refractivity contribution is 0.184. The van der Waals surface area contributed by atoms with E-state index in [4.69, 9.17) is 5.14 Å². The van der Waals surface area contributed by atoms with Crippen LogP contribution in [0.15, 0.2) is 64.5 Å². The second-order valence-electron chi connectivity index (χ2n) is 6.47. The fraction of sp³-hybridized carbons (Fsp3) is 0.250. The highest BCUT2D eigenvalue weighted by Crippen LogP contribution is 2.29. The Morgan fingerprint density at radius 1 is 1.17 bits per heavy atom. The minimum Gasteiger partial charge on any atom is -0.386 e. The van der Waals surface area contributed by atoms with Gasteiger partial charge >= 0.3 is 0 Å². The van der Waals surface area contributed by atoms with Gasteiger partial charge in [0.1, 0.15) is 6.10 Å². The maximum absolute atomic E-state index is 11.5. The molecule has 3 rings (SSSR count). The minimum absolute atomic E-state index is 0. The van der Waals surface area contributed by atoms with Crippen molar-refractivity contribution < 1.29 is 13.5 Å². The summed E-state index contributed by atoms with van der Waals surface area (Å²) in [5.41, 5.74) is 0.721. The molecule has 3 aromatic rings. The highest BCUT2D eigenvalue weighted by atomic mass is 127. The molecule has 5 N–H and O–H groups in total. The quantitative estimate of drug-likeness (QED) is 0.202. The molecule has 0 radical (unpaired) electrons. The van der Waals surface area contributed by atoms with Gasteiger partial charge in [-0.25, -0.2) is 18.5 Å². The summed E-state index contributed by atoms with van der Waals surface area (Å²) in [4.78, 5) is 5.41. The van der Waals surface area contributed by atoms with Crippen molar-refractivity contribution in [2.45, 2.75) is 24.5 Å². The first-order valence-corrected chi connectivity index (χ1v) is 11.5. The lowest BCUT2D eigenvalue weighted by atomic mass is 10.2. The van der Waals surface area contributed by atoms with E-state index >= 15 is 0 Å². The van der Waals surface area contributed by atoms with Crippen molar-refractivity contribution >= 4 is 61.4 Å². The maximum atomic E-state index is 11.5. The van der Waals surface area contributed by atoms with Crippen molar-refractivity contribution in [2.75, 3.05) is 13.1 Å². The monoisotopic (exact) mass is 560 g/mol. The number of benzene rings is 2. The third-order valence-electron chi connectivity index (χ3n) is 4.23. The van der Waals surface area contributed by atoms with Crippen LogP contribution >= 0.6 is 35.3 Å². The number of aliphatic hydroxyl groups excluding tert-OH is 1. The zero-order valence-corrected chi connectivity index (χ0v) is 20.4. The molecule has 1 atom stereocenters. The Bertz CT molecular complexity index is 1080. The predicted molar refractivity (Wildman–Crippen MR) is 133 cm³/mol. The van der Waals surface area contributed by atoms with Gasteiger partial charge in [0.25, 0.3) is 0 Å². The van der Waals surface area contributed by atoms with Gasteiger partial charge < -0.3 is 15.7 Å². The van der Waals surface area contributed by atoms with Crippen molar-refractivity contribution in [3.05, 3.63) is 65.0 Å². The normalized spacial score (nSPS) is 13.0. The summed E-state index contributed by atoms with van der Waals surface area (Å²) in [5.74, 6) is 0.536. The van der Waals surface area contributed by atoms with E-state index in [0.717, 1.165) is 20.5 Å². The summed E-state index contributed by atoms with van der Waals surface area (Å²) in [7, 11) is -3.75. The molecule has 0 saturated heterocycles. The number of primary sulfonamides is 1. The number of nitrogens with two attached hydrogens (primary N) is 1. The van der Waals surface area contributed by atoms with E-state index in [1.54, 1.807) is 23.5 Å². The van der Waals surface area contributed by atoms with Gasteiger partial charge in [-0.05, 0) is 42.1 Å². The Labute approximate surface area is 197 Å². The van der Waals surface area contributed by atoms with Gasteiger partial charge in [-0.15, -0.1) is 35.3 Å². The van der Waals surface area contributed by atoms with Gasteiger partial charge in [0.05, 0.1) is 11.4 Å². The lowest BCUT2D eigenvalue weighted by Gasteiger charge is -2.14. The number of hydrogen-bond acceptors (Lipinski definition) is 5. The molecule has 1 aromatic heterocycles. The van der Waals surface area contributed by atoms with Crippen LogP contribution in [0.2, 0.25) is 0 Å². The van der Waals surface area contributed by atoms with Crippen molar-refractivity contribution in [3.8, 4) is 0 Å². The molecule has 1 heterocycles. The molecule has 0 aliphatic rings. The first-order chi connectivity index (χ1) is 13.9. The molecular formula is C20H25IN4O3S2. The third kappa shape index (κ3) is 6.64. The summed E-state index contributed by atoms with van der Waals surface area (Å²) < 4.78 is 24.1. The van der Waals surface area contributed by atoms with E-state index in [9.17, 15) is 13.5 Å². The Kier molecular flexibility index (Phi) is 9.04. The molecule has 10 heteroatoms. The summed E-state index contributed by atoms with van der Waals surface area (Å²) in [5, 5.41) is 23.1. The number of guanidine groups is 1. The summed E-state index contributed by atoms with van der Waals surface area (Å²) in [6.45, 7) is 3.18. The van der Waals surface area contributed by atoms with Crippen LogP contribution in [0.3, 0.4) is 0 Å². The van der Waals surface area contributed by atoms with E-state index < -0.39 is 16.1 Å². The molecule has 0 saturated carbocycles. The zero-order valence-electron chi connectivity index (χ0n) is 16.4. The number of aliphatic hydroxyl groups is 1. The van der Waals surface area contributed by atoms with Gasteiger partial charge in [-0.1, -0.05) is 30.3 Å². The number of nitrogens with one attached hydrogen (secondary N) is 2. The number of rotatable bonds is 7. The topological polar surface area (TPSA) is 117 Å². The van der Waals surface area contributed by atoms with Gasteiger partial charge in [0.15, 0.2) is 5.96 Å². The second-order valence-corrected chi connectivity index (χ2v) is 9.15. The van der Waals surface area contributed by atoms with Crippen LogP contribution in [0.5, 0.6) is 0 Å². The molecule has 0 spiro atoms. The molecule has 30 heavy (non-hydrogen) atoms. The van der Waals surface area contributed by atoms with Crippen LogP contribution in [0, 0.1) is 0 Å². The van der Waals surface area contributed by atoms with E-state index in [1.165, 1.54) is 12.1 Å². The van der Waals surface area contributed by atoms with Crippen molar-refractivity contribution in [3.63, 3.8) is 0 Å². The number of halogens is 1. The van der Waals surface area contributed by atoms with Crippen molar-refractivity contribution in [2.24, 2.45) is 10.1 Å². The van der Waals surface area contributed by atoms with Crippen LogP contribution in [-0.4, -0.2) is 32.6 Å². The van der Waals surface area contributed by atoms with E-state index in [-0.39, 0.29) is 35.4 Å². The average molecular weight is 560 g/mol. The molecule has 1 unspecified atom stereocenters. The van der Waals surface area contributed by atoms with Crippen LogP contribution < -0.4 is 15.8 Å². The predicted octanol–water partition coefficient (Wildman–Crippen LogP) is 2.96. The summed E-state index contributed by atoms with van der Waals surface area (Å²) in [6.07, 6.45) is -0.665. The van der Waals surface area contributed by atoms with Gasteiger partial charge in [0, 0.05) is 22.7 Å². The second kappa shape index (κ2) is 11.0. The van der Waals surface area contributed by atoms with E-state index in [1.807, 2.05) is 37.3 Å². The molecular weight excluding hydrogens is 535 g/mol. The molecule has 0 bridgehead atoms. The number of hydrogen-bond donors (Lipinski definition) is 4. The van der Waals surface area contributed by atoms with E-state index in [2.05, 4.69) is 15.6 Å². The molecule has 2 aromatic carbocycles. The van der Waals surface area contributed by atoms with Gasteiger partial charge in [-0.3, -0.25) is 0 Å². The fourth-order valence-corrected chi connectivity index (χ4v) is 4.43. The summed E-state index contributed by atoms with van der Waals surface area (Å²) >= 11 is 1.57. The van der Waals surface area contributed by atoms with Crippen LogP contribution in [0.25, 0.3) is 10.1 Å². The molecule has 7 nitrogen and oxygen atoms in total. The molecule has 162 valence electrons. The van der Waals surface area contributed by atoms with Gasteiger partial charge in [-0.2, -0.15) is 0 Å². The highest BCUT2D eigenvalue weighted by molar-refractivity contribution is 14.0. The first-order valence-electron chi connectivity index (χ1n) is 9.17. The largest absolute Gasteiger partial charge is 0.386 e. The molecule has 0 aliphatic carbocycles. The SMILES string of the molecule is CCNC(=NCc1cccc(S(N)(=O)=O)c1)NCC(O)c1cc2ccccc2s1.I. The molecule has 0 aliphatic heterocycles. The zero-order chi connectivity index (χ0) is 20.9. The number of fused-ring (bicyclic) bond motifs is 1. The molecule has 0 fully saturated rings. The minimum atomic E-state index is -3.75. The Morgan fingerprint density at radius 2 is 1.93 bits per heavy atom. The summed E-state index contributed by atoms with van der Waals surface area (Å²) in [6, 6.07) is 16.4. The molecule has 0 amide bonds. The number of sulfonamides is 1. The Hall–Kier alpha value is -1.73. The van der Waals surface area contributed by atoms with Crippen molar-refractivity contribution in [1.82, 2.24) is 10.6 Å². The highest BCUT2D eigenvalue weighted by Gasteiger charge is 2.12. The van der Waals surface area contributed by atoms with E-state index in [0.29, 0.717) is 19.0 Å². The number of thiophene rings is 1. The fourth-order valence-electron chi connectivity index (χ4n) is 2.79. The number of aliphatic imine (C=N–C) groups is 1. The standard InChI is InChI=1S/C20H24N4O3S2.HI/c1-2-22-20(23-12-14-6-5-8-16(10-14)29(21,26)27)24-13-17(25)19-11-15-7-3-4-9-18(15)28-19;/h3-11,17,25H,2,12-13H2,1H3,(H2,21,26,27)(H2,22,23,24);1H. The Balaban J connectivity index is 0.00000320. The average Bonchev–Trinajstić information content (AvgIpc) is 3.14. The van der Waals surface area contributed by atoms with Gasteiger partial charge in [0.2, 0.25) is 10.0 Å². The van der Waals surface area contributed by atoms with Crippen LogP contribution in [0.4, 0.5) is 0 Å². The Morgan fingerprint density at radius 3 is 2.63 bits per heavy atom. The maximum Gasteiger partial charge on any atom is 0.238 e. The smallest absolute Gasteiger partial charge is 0.238 e. The van der Waals surface area contributed by atoms with Crippen LogP contribution in [-0.2, 0) is 16.6 Å². The first kappa shape index (κ1) is 24.5. The lowest BCUT2D eigenvalue weighted by Crippen LogP contribution is -2.39.